The Bertz CT molecular complexity index is 726. The molecular weight excluding hydrogens is 298 g/mol. The molecule has 2 aliphatic rings. The van der Waals surface area contributed by atoms with Gasteiger partial charge in [0.1, 0.15) is 11.9 Å². The van der Waals surface area contributed by atoms with Crippen molar-refractivity contribution in [2.45, 2.75) is 50.8 Å². The number of fused-ring (bicyclic) bond motifs is 2. The molecule has 2 bridgehead atoms. The van der Waals surface area contributed by atoms with Crippen molar-refractivity contribution in [2.75, 3.05) is 0 Å². The highest BCUT2D eigenvalue weighted by atomic mass is 16.5. The second-order valence-electron chi connectivity index (χ2n) is 7.01. The molecule has 3 heteroatoms. The highest BCUT2D eigenvalue weighted by molar-refractivity contribution is 5.94. The lowest BCUT2D eigenvalue weighted by molar-refractivity contribution is 0.101. The van der Waals surface area contributed by atoms with E-state index >= 15 is 0 Å². The van der Waals surface area contributed by atoms with Crippen molar-refractivity contribution in [1.29, 1.82) is 0 Å². The van der Waals surface area contributed by atoms with Crippen LogP contribution in [0.5, 0.6) is 5.75 Å². The monoisotopic (exact) mass is 321 g/mol. The predicted molar refractivity (Wildman–Crippen MR) is 95.5 cm³/mol. The molecule has 3 atom stereocenters. The van der Waals surface area contributed by atoms with Gasteiger partial charge in [-0.3, -0.25) is 4.79 Å². The van der Waals surface area contributed by atoms with E-state index in [1.165, 1.54) is 12.8 Å². The Morgan fingerprint density at radius 2 is 1.71 bits per heavy atom. The molecule has 2 aromatic carbocycles. The molecule has 0 spiro atoms. The molecule has 0 saturated carbocycles. The van der Waals surface area contributed by atoms with Crippen LogP contribution in [0.1, 0.15) is 43.0 Å². The van der Waals surface area contributed by atoms with Crippen LogP contribution in [-0.2, 0) is 0 Å². The number of hydrogen-bond donors (Lipinski definition) is 1. The molecule has 2 fully saturated rings. The number of piperidine rings is 1. The van der Waals surface area contributed by atoms with Gasteiger partial charge in [-0.1, -0.05) is 36.4 Å². The van der Waals surface area contributed by atoms with E-state index in [0.29, 0.717) is 18.2 Å². The molecule has 124 valence electrons. The zero-order valence-electron chi connectivity index (χ0n) is 14.0. The Morgan fingerprint density at radius 1 is 1.00 bits per heavy atom. The van der Waals surface area contributed by atoms with Crippen LogP contribution in [0.15, 0.2) is 48.5 Å². The lowest BCUT2D eigenvalue weighted by Gasteiger charge is -2.29. The van der Waals surface area contributed by atoms with Crippen LogP contribution < -0.4 is 10.1 Å². The third-order valence-corrected chi connectivity index (χ3v) is 5.19. The van der Waals surface area contributed by atoms with Gasteiger partial charge in [0, 0.05) is 17.6 Å². The van der Waals surface area contributed by atoms with Gasteiger partial charge in [0.2, 0.25) is 0 Å². The predicted octanol–water partition coefficient (Wildman–Crippen LogP) is 4.22. The molecule has 2 saturated heterocycles. The fourth-order valence-electron chi connectivity index (χ4n) is 3.94. The van der Waals surface area contributed by atoms with Gasteiger partial charge < -0.3 is 10.1 Å². The summed E-state index contributed by atoms with van der Waals surface area (Å²) in [6, 6.07) is 17.3. The van der Waals surface area contributed by atoms with Crippen molar-refractivity contribution in [2.24, 2.45) is 0 Å². The van der Waals surface area contributed by atoms with Crippen LogP contribution in [-0.4, -0.2) is 24.0 Å². The molecule has 2 aromatic rings. The van der Waals surface area contributed by atoms with Gasteiger partial charge in [0.15, 0.2) is 5.78 Å². The fourth-order valence-corrected chi connectivity index (χ4v) is 3.94. The van der Waals surface area contributed by atoms with Crippen LogP contribution in [0, 0.1) is 0 Å². The van der Waals surface area contributed by atoms with Crippen LogP contribution in [0.25, 0.3) is 11.1 Å². The number of benzene rings is 2. The number of carbonyl (C=O) groups is 1. The number of nitrogens with one attached hydrogen (secondary N) is 1. The Kier molecular flexibility index (Phi) is 4.11. The van der Waals surface area contributed by atoms with E-state index < -0.39 is 0 Å². The zero-order chi connectivity index (χ0) is 16.5. The minimum Gasteiger partial charge on any atom is -0.490 e. The Morgan fingerprint density at radius 3 is 2.38 bits per heavy atom. The van der Waals surface area contributed by atoms with Crippen LogP contribution in [0.3, 0.4) is 0 Å². The molecule has 2 heterocycles. The maximum Gasteiger partial charge on any atom is 0.159 e. The first-order valence-corrected chi connectivity index (χ1v) is 8.81. The molecule has 1 unspecified atom stereocenters. The maximum absolute atomic E-state index is 11.4. The van der Waals surface area contributed by atoms with Gasteiger partial charge in [0.05, 0.1) is 0 Å². The summed E-state index contributed by atoms with van der Waals surface area (Å²) >= 11 is 0. The summed E-state index contributed by atoms with van der Waals surface area (Å²) in [5.41, 5.74) is 2.98. The summed E-state index contributed by atoms with van der Waals surface area (Å²) in [4.78, 5) is 11.4. The normalized spacial score (nSPS) is 25.5. The molecular formula is C21H23NO2. The first kappa shape index (κ1) is 15.4. The van der Waals surface area contributed by atoms with E-state index in [0.717, 1.165) is 35.3 Å². The molecule has 24 heavy (non-hydrogen) atoms. The molecule has 4 rings (SSSR count). The van der Waals surface area contributed by atoms with Crippen molar-refractivity contribution in [3.8, 4) is 16.9 Å². The highest BCUT2D eigenvalue weighted by Gasteiger charge is 2.34. The van der Waals surface area contributed by atoms with Crippen molar-refractivity contribution >= 4 is 5.78 Å². The molecule has 0 radical (unpaired) electrons. The van der Waals surface area contributed by atoms with Gasteiger partial charge >= 0.3 is 0 Å². The molecule has 1 N–H and O–H groups in total. The SMILES string of the molecule is CC(=O)c1ccc(-c2cccc(OC3C[C@H]4CC[C@@H](C3)N4)c2)cc1. The molecule has 2 aliphatic heterocycles. The number of ketones is 1. The summed E-state index contributed by atoms with van der Waals surface area (Å²) in [5.74, 6) is 1.04. The molecule has 0 amide bonds. The van der Waals surface area contributed by atoms with Gasteiger partial charge in [-0.25, -0.2) is 0 Å². The van der Waals surface area contributed by atoms with Crippen molar-refractivity contribution in [3.05, 3.63) is 54.1 Å². The zero-order valence-corrected chi connectivity index (χ0v) is 14.0. The molecule has 0 aromatic heterocycles. The second kappa shape index (κ2) is 6.40. The Labute approximate surface area is 143 Å². The first-order chi connectivity index (χ1) is 11.7. The van der Waals surface area contributed by atoms with Crippen LogP contribution in [0.2, 0.25) is 0 Å². The van der Waals surface area contributed by atoms with Crippen LogP contribution >= 0.6 is 0 Å². The number of ether oxygens (including phenoxy) is 1. The van der Waals surface area contributed by atoms with Crippen LogP contribution in [0.4, 0.5) is 0 Å². The maximum atomic E-state index is 11.4. The second-order valence-corrected chi connectivity index (χ2v) is 7.01. The summed E-state index contributed by atoms with van der Waals surface area (Å²) in [6.07, 6.45) is 5.10. The minimum absolute atomic E-state index is 0.0965. The minimum atomic E-state index is 0.0965. The smallest absolute Gasteiger partial charge is 0.159 e. The summed E-state index contributed by atoms with van der Waals surface area (Å²) < 4.78 is 6.27. The lowest BCUT2D eigenvalue weighted by Crippen LogP contribution is -2.42. The number of hydrogen-bond acceptors (Lipinski definition) is 3. The standard InChI is InChI=1S/C21H23NO2/c1-14(23)15-5-7-16(8-6-15)17-3-2-4-20(11-17)24-21-12-18-9-10-19(13-21)22-18/h2-8,11,18-19,21-22H,9-10,12-13H2,1H3/t18-,19+,21?. The van der Waals surface area contributed by atoms with Crippen molar-refractivity contribution in [3.63, 3.8) is 0 Å². The summed E-state index contributed by atoms with van der Waals surface area (Å²) in [5, 5.41) is 3.65. The van der Waals surface area contributed by atoms with E-state index in [1.807, 2.05) is 36.4 Å². The van der Waals surface area contributed by atoms with Crippen molar-refractivity contribution in [1.82, 2.24) is 5.32 Å². The lowest BCUT2D eigenvalue weighted by atomic mass is 10.0. The topological polar surface area (TPSA) is 38.3 Å². The van der Waals surface area contributed by atoms with Gasteiger partial charge in [0.25, 0.3) is 0 Å². The Hall–Kier alpha value is -2.13. The van der Waals surface area contributed by atoms with Gasteiger partial charge in [-0.15, -0.1) is 0 Å². The number of Topliss-reactive ketones (excluding diaryl/α,β-unsaturated/α-hetero) is 1. The fraction of sp³-hybridized carbons (Fsp3) is 0.381. The van der Waals surface area contributed by atoms with Gasteiger partial charge in [-0.05, 0) is 55.9 Å². The third-order valence-electron chi connectivity index (χ3n) is 5.19. The highest BCUT2D eigenvalue weighted by Crippen LogP contribution is 2.31. The first-order valence-electron chi connectivity index (χ1n) is 8.81. The van der Waals surface area contributed by atoms with E-state index in [4.69, 9.17) is 4.74 Å². The summed E-state index contributed by atoms with van der Waals surface area (Å²) in [7, 11) is 0. The van der Waals surface area contributed by atoms with Crippen molar-refractivity contribution < 1.29 is 9.53 Å². The Balaban J connectivity index is 1.50. The number of carbonyl (C=O) groups excluding carboxylic acids is 1. The van der Waals surface area contributed by atoms with E-state index in [-0.39, 0.29) is 5.78 Å². The number of rotatable bonds is 4. The van der Waals surface area contributed by atoms with E-state index in [9.17, 15) is 4.79 Å². The molecule has 3 nitrogen and oxygen atoms in total. The average Bonchev–Trinajstić information content (AvgIpc) is 2.94. The quantitative estimate of drug-likeness (QED) is 0.857. The largest absolute Gasteiger partial charge is 0.490 e. The van der Waals surface area contributed by atoms with Gasteiger partial charge in [-0.2, -0.15) is 0 Å². The average molecular weight is 321 g/mol. The van der Waals surface area contributed by atoms with E-state index in [2.05, 4.69) is 17.4 Å². The third kappa shape index (κ3) is 3.22. The summed E-state index contributed by atoms with van der Waals surface area (Å²) in [6.45, 7) is 1.59. The van der Waals surface area contributed by atoms with E-state index in [1.54, 1.807) is 6.92 Å². The molecule has 0 aliphatic carbocycles.